The molecule has 0 bridgehead atoms. The van der Waals surface area contributed by atoms with Gasteiger partial charge in [0.1, 0.15) is 5.58 Å². The second-order valence-electron chi connectivity index (χ2n) is 6.45. The summed E-state index contributed by atoms with van der Waals surface area (Å²) < 4.78 is 5.69. The summed E-state index contributed by atoms with van der Waals surface area (Å²) in [7, 11) is 0. The molecule has 1 heterocycles. The van der Waals surface area contributed by atoms with Gasteiger partial charge in [0.05, 0.1) is 0 Å². The molecule has 1 saturated carbocycles. The summed E-state index contributed by atoms with van der Waals surface area (Å²) in [5.41, 5.74) is 1.68. The Balaban J connectivity index is 0.00000208. The first-order chi connectivity index (χ1) is 11.3. The molecule has 1 aliphatic carbocycles. The van der Waals surface area contributed by atoms with Gasteiger partial charge in [-0.3, -0.25) is 4.79 Å². The van der Waals surface area contributed by atoms with Crippen LogP contribution >= 0.6 is 12.4 Å². The number of benzene rings is 1. The molecule has 0 saturated heterocycles. The average molecular weight is 351 g/mol. The van der Waals surface area contributed by atoms with Crippen molar-refractivity contribution in [2.75, 3.05) is 13.1 Å². The number of hydrogen-bond donors (Lipinski definition) is 2. The van der Waals surface area contributed by atoms with Crippen LogP contribution < -0.4 is 10.6 Å². The van der Waals surface area contributed by atoms with E-state index in [2.05, 4.69) is 10.6 Å². The second-order valence-corrected chi connectivity index (χ2v) is 6.45. The monoisotopic (exact) mass is 350 g/mol. The van der Waals surface area contributed by atoms with Crippen LogP contribution in [0.2, 0.25) is 0 Å². The number of fused-ring (bicyclic) bond motifs is 1. The molecule has 0 radical (unpaired) electrons. The van der Waals surface area contributed by atoms with Gasteiger partial charge in [0, 0.05) is 30.1 Å². The highest BCUT2D eigenvalue weighted by molar-refractivity contribution is 5.98. The lowest BCUT2D eigenvalue weighted by molar-refractivity contribution is 0.0927. The van der Waals surface area contributed by atoms with Crippen LogP contribution in [0.25, 0.3) is 11.0 Å². The van der Waals surface area contributed by atoms with Gasteiger partial charge in [0.15, 0.2) is 5.76 Å². The van der Waals surface area contributed by atoms with E-state index in [-0.39, 0.29) is 18.3 Å². The number of halogens is 1. The molecule has 4 nitrogen and oxygen atoms in total. The van der Waals surface area contributed by atoms with Crippen LogP contribution in [0.4, 0.5) is 0 Å². The van der Waals surface area contributed by atoms with E-state index in [1.165, 1.54) is 38.5 Å². The van der Waals surface area contributed by atoms with Crippen molar-refractivity contribution in [3.63, 3.8) is 0 Å². The van der Waals surface area contributed by atoms with Gasteiger partial charge < -0.3 is 15.1 Å². The Hall–Kier alpha value is -1.52. The lowest BCUT2D eigenvalue weighted by Gasteiger charge is -2.16. The minimum atomic E-state index is -0.124. The number of hydrogen-bond acceptors (Lipinski definition) is 3. The predicted molar refractivity (Wildman–Crippen MR) is 100 cm³/mol. The number of rotatable bonds is 5. The maximum Gasteiger partial charge on any atom is 0.287 e. The highest BCUT2D eigenvalue weighted by atomic mass is 35.5. The SMILES string of the molecule is Cc1c(C(=O)NCCNC2CCCCCC2)oc2ccccc12.Cl. The van der Waals surface area contributed by atoms with Crippen LogP contribution in [0.1, 0.15) is 54.6 Å². The molecular weight excluding hydrogens is 324 g/mol. The van der Waals surface area contributed by atoms with Gasteiger partial charge in [-0.2, -0.15) is 0 Å². The quantitative estimate of drug-likeness (QED) is 0.627. The summed E-state index contributed by atoms with van der Waals surface area (Å²) in [5, 5.41) is 7.53. The zero-order valence-electron chi connectivity index (χ0n) is 14.3. The number of para-hydroxylation sites is 1. The molecule has 2 aromatic rings. The van der Waals surface area contributed by atoms with Crippen molar-refractivity contribution in [3.05, 3.63) is 35.6 Å². The van der Waals surface area contributed by atoms with E-state index in [4.69, 9.17) is 4.42 Å². The van der Waals surface area contributed by atoms with Gasteiger partial charge in [-0.15, -0.1) is 12.4 Å². The predicted octanol–water partition coefficient (Wildman–Crippen LogP) is 4.21. The van der Waals surface area contributed by atoms with Crippen LogP contribution in [-0.4, -0.2) is 25.0 Å². The van der Waals surface area contributed by atoms with E-state index in [9.17, 15) is 4.79 Å². The normalized spacial score (nSPS) is 15.7. The van der Waals surface area contributed by atoms with Gasteiger partial charge in [0.25, 0.3) is 5.91 Å². The minimum Gasteiger partial charge on any atom is -0.451 e. The fourth-order valence-corrected chi connectivity index (χ4v) is 3.41. The Morgan fingerprint density at radius 2 is 1.83 bits per heavy atom. The molecule has 1 aliphatic rings. The van der Waals surface area contributed by atoms with Crippen LogP contribution in [-0.2, 0) is 0 Å². The van der Waals surface area contributed by atoms with Crippen molar-refractivity contribution in [1.29, 1.82) is 0 Å². The van der Waals surface area contributed by atoms with Gasteiger partial charge in [-0.25, -0.2) is 0 Å². The first-order valence-corrected chi connectivity index (χ1v) is 8.75. The van der Waals surface area contributed by atoms with E-state index >= 15 is 0 Å². The van der Waals surface area contributed by atoms with E-state index in [1.807, 2.05) is 31.2 Å². The molecule has 1 fully saturated rings. The number of nitrogens with one attached hydrogen (secondary N) is 2. The zero-order valence-corrected chi connectivity index (χ0v) is 15.1. The zero-order chi connectivity index (χ0) is 16.1. The van der Waals surface area contributed by atoms with E-state index < -0.39 is 0 Å². The number of amides is 1. The molecule has 1 aromatic heterocycles. The number of carbonyl (C=O) groups excluding carboxylic acids is 1. The van der Waals surface area contributed by atoms with Gasteiger partial charge in [0.2, 0.25) is 0 Å². The van der Waals surface area contributed by atoms with Crippen LogP contribution in [0, 0.1) is 6.92 Å². The van der Waals surface area contributed by atoms with Gasteiger partial charge in [-0.05, 0) is 25.8 Å². The van der Waals surface area contributed by atoms with E-state index in [0.717, 1.165) is 23.1 Å². The van der Waals surface area contributed by atoms with Crippen molar-refractivity contribution in [1.82, 2.24) is 10.6 Å². The van der Waals surface area contributed by atoms with Crippen molar-refractivity contribution < 1.29 is 9.21 Å². The number of carbonyl (C=O) groups is 1. The number of furan rings is 1. The molecule has 0 unspecified atom stereocenters. The Morgan fingerprint density at radius 3 is 2.54 bits per heavy atom. The Kier molecular flexibility index (Phi) is 7.13. The molecule has 1 aromatic carbocycles. The topological polar surface area (TPSA) is 54.3 Å². The lowest BCUT2D eigenvalue weighted by Crippen LogP contribution is -2.36. The summed E-state index contributed by atoms with van der Waals surface area (Å²) in [4.78, 5) is 12.3. The molecule has 5 heteroatoms. The van der Waals surface area contributed by atoms with Crippen molar-refractivity contribution >= 4 is 29.3 Å². The summed E-state index contributed by atoms with van der Waals surface area (Å²) in [6.07, 6.45) is 7.89. The molecular formula is C19H27ClN2O2. The van der Waals surface area contributed by atoms with Gasteiger partial charge in [-0.1, -0.05) is 43.9 Å². The summed E-state index contributed by atoms with van der Waals surface area (Å²) in [6, 6.07) is 8.38. The summed E-state index contributed by atoms with van der Waals surface area (Å²) >= 11 is 0. The third-order valence-electron chi connectivity index (χ3n) is 4.75. The summed E-state index contributed by atoms with van der Waals surface area (Å²) in [6.45, 7) is 3.38. The summed E-state index contributed by atoms with van der Waals surface area (Å²) in [5.74, 6) is 0.307. The van der Waals surface area contributed by atoms with Crippen LogP contribution in [0.3, 0.4) is 0 Å². The molecule has 1 amide bonds. The molecule has 3 rings (SSSR count). The first kappa shape index (κ1) is 18.8. The lowest BCUT2D eigenvalue weighted by atomic mass is 10.1. The third-order valence-corrected chi connectivity index (χ3v) is 4.75. The number of aryl methyl sites for hydroxylation is 1. The molecule has 0 aliphatic heterocycles. The highest BCUT2D eigenvalue weighted by Crippen LogP contribution is 2.24. The minimum absolute atomic E-state index is 0. The van der Waals surface area contributed by atoms with E-state index in [0.29, 0.717) is 18.3 Å². The maximum atomic E-state index is 12.3. The molecule has 0 spiro atoms. The molecule has 132 valence electrons. The standard InChI is InChI=1S/C19H26N2O2.ClH/c1-14-16-10-6-7-11-17(16)23-18(14)19(22)21-13-12-20-15-8-4-2-3-5-9-15;/h6-7,10-11,15,20H,2-5,8-9,12-13H2,1H3,(H,21,22);1H. The van der Waals surface area contributed by atoms with Crippen LogP contribution in [0.15, 0.2) is 28.7 Å². The fraction of sp³-hybridized carbons (Fsp3) is 0.526. The van der Waals surface area contributed by atoms with Crippen molar-refractivity contribution in [2.24, 2.45) is 0 Å². The molecule has 0 atom stereocenters. The second kappa shape index (κ2) is 9.09. The van der Waals surface area contributed by atoms with E-state index in [1.54, 1.807) is 0 Å². The largest absolute Gasteiger partial charge is 0.451 e. The molecule has 2 N–H and O–H groups in total. The molecule has 24 heavy (non-hydrogen) atoms. The fourth-order valence-electron chi connectivity index (χ4n) is 3.41. The maximum absolute atomic E-state index is 12.3. The average Bonchev–Trinajstić information content (AvgIpc) is 2.75. The van der Waals surface area contributed by atoms with Gasteiger partial charge >= 0.3 is 0 Å². The Bertz CT molecular complexity index is 660. The third kappa shape index (κ3) is 4.52. The van der Waals surface area contributed by atoms with Crippen molar-refractivity contribution in [3.8, 4) is 0 Å². The Morgan fingerprint density at radius 1 is 1.12 bits per heavy atom. The highest BCUT2D eigenvalue weighted by Gasteiger charge is 2.17. The smallest absolute Gasteiger partial charge is 0.287 e. The Labute approximate surface area is 149 Å². The van der Waals surface area contributed by atoms with Crippen LogP contribution in [0.5, 0.6) is 0 Å². The first-order valence-electron chi connectivity index (χ1n) is 8.75. The van der Waals surface area contributed by atoms with Crippen molar-refractivity contribution in [2.45, 2.75) is 51.5 Å².